The molecule has 1 aromatic carbocycles. The number of carbonyl (C=O) groups excluding carboxylic acids is 1. The van der Waals surface area contributed by atoms with Gasteiger partial charge < -0.3 is 0 Å². The number of hydrogen-bond donors (Lipinski definition) is 0. The van der Waals surface area contributed by atoms with Crippen LogP contribution in [0.3, 0.4) is 0 Å². The predicted octanol–water partition coefficient (Wildman–Crippen LogP) is 6.24. The first-order valence-corrected chi connectivity index (χ1v) is 11.6. The lowest BCUT2D eigenvalue weighted by Crippen LogP contribution is -2.54. The average Bonchev–Trinajstić information content (AvgIpc) is 2.99. The van der Waals surface area contributed by atoms with Crippen LogP contribution in [0.5, 0.6) is 0 Å². The highest BCUT2D eigenvalue weighted by Gasteiger charge is 2.57. The van der Waals surface area contributed by atoms with Gasteiger partial charge in [-0.1, -0.05) is 34.1 Å². The van der Waals surface area contributed by atoms with E-state index in [1.54, 1.807) is 11.3 Å². The zero-order valence-corrected chi connectivity index (χ0v) is 18.1. The number of benzene rings is 1. The van der Waals surface area contributed by atoms with E-state index in [2.05, 4.69) is 20.9 Å². The van der Waals surface area contributed by atoms with E-state index in [-0.39, 0.29) is 15.6 Å². The molecule has 5 heteroatoms. The van der Waals surface area contributed by atoms with E-state index in [4.69, 9.17) is 0 Å². The molecule has 0 spiro atoms. The van der Waals surface area contributed by atoms with Gasteiger partial charge in [0.15, 0.2) is 5.13 Å². The summed E-state index contributed by atoms with van der Waals surface area (Å²) in [5.74, 6) is 1.80. The Bertz CT molecular complexity index is 850. The highest BCUT2D eigenvalue weighted by molar-refractivity contribution is 9.10. The Morgan fingerprint density at radius 1 is 1.22 bits per heavy atom. The first-order valence-electron chi connectivity index (χ1n) is 9.93. The molecule has 4 bridgehead atoms. The van der Waals surface area contributed by atoms with Crippen LogP contribution < -0.4 is 4.90 Å². The van der Waals surface area contributed by atoms with Gasteiger partial charge in [0.05, 0.1) is 11.4 Å². The maximum absolute atomic E-state index is 13.6. The monoisotopic (exact) mass is 444 g/mol. The van der Waals surface area contributed by atoms with Crippen molar-refractivity contribution in [2.45, 2.75) is 56.2 Å². The van der Waals surface area contributed by atoms with Gasteiger partial charge in [-0.05, 0) is 74.8 Å². The number of amides is 1. The summed E-state index contributed by atoms with van der Waals surface area (Å²) in [6.07, 6.45) is 8.21. The van der Waals surface area contributed by atoms with Crippen LogP contribution in [-0.4, -0.2) is 15.2 Å². The van der Waals surface area contributed by atoms with Crippen LogP contribution in [0.25, 0.3) is 0 Å². The zero-order chi connectivity index (χ0) is 18.6. The molecule has 0 radical (unpaired) electrons. The highest BCUT2D eigenvalue weighted by atomic mass is 79.9. The third-order valence-corrected chi connectivity index (χ3v) is 8.57. The molecule has 3 nitrogen and oxygen atoms in total. The number of hydrogen-bond acceptors (Lipinski definition) is 3. The Labute approximate surface area is 173 Å². The predicted molar refractivity (Wildman–Crippen MR) is 114 cm³/mol. The van der Waals surface area contributed by atoms with Gasteiger partial charge in [0.2, 0.25) is 5.91 Å². The largest absolute Gasteiger partial charge is 0.274 e. The van der Waals surface area contributed by atoms with Crippen LogP contribution in [0.15, 0.2) is 35.7 Å². The average molecular weight is 445 g/mol. The number of rotatable bonds is 4. The van der Waals surface area contributed by atoms with Crippen LogP contribution in [0.1, 0.15) is 50.6 Å². The second kappa shape index (κ2) is 6.41. The fraction of sp³-hybridized carbons (Fsp3) is 0.545. The number of anilines is 2. The second-order valence-electron chi connectivity index (χ2n) is 9.12. The first-order chi connectivity index (χ1) is 12.9. The number of alkyl halides is 1. The molecule has 0 saturated heterocycles. The third-order valence-electron chi connectivity index (χ3n) is 6.70. The number of para-hydroxylation sites is 1. The van der Waals surface area contributed by atoms with Crippen molar-refractivity contribution in [1.82, 2.24) is 4.98 Å². The number of nitrogens with zero attached hydrogens (tertiary/aromatic N) is 2. The van der Waals surface area contributed by atoms with Gasteiger partial charge in [0, 0.05) is 16.1 Å². The van der Waals surface area contributed by atoms with Gasteiger partial charge in [-0.2, -0.15) is 0 Å². The SMILES string of the molecule is Cc1csc(N(C(=O)CC23CC4CC(CC(Br)(C4)C2)C3)c2ccccc2)n1. The van der Waals surface area contributed by atoms with E-state index in [9.17, 15) is 4.79 Å². The van der Waals surface area contributed by atoms with Crippen molar-refractivity contribution in [2.24, 2.45) is 17.3 Å². The van der Waals surface area contributed by atoms with Gasteiger partial charge in [0.25, 0.3) is 0 Å². The van der Waals surface area contributed by atoms with Crippen LogP contribution >= 0.6 is 27.3 Å². The quantitative estimate of drug-likeness (QED) is 0.522. The molecular formula is C22H25BrN2OS. The summed E-state index contributed by atoms with van der Waals surface area (Å²) < 4.78 is 0.284. The Kier molecular flexibility index (Phi) is 4.24. The summed E-state index contributed by atoms with van der Waals surface area (Å²) in [6, 6.07) is 10.0. The minimum atomic E-state index is 0.171. The smallest absolute Gasteiger partial charge is 0.233 e. The molecule has 4 fully saturated rings. The summed E-state index contributed by atoms with van der Waals surface area (Å²) in [5, 5.41) is 2.82. The van der Waals surface area contributed by atoms with E-state index in [0.29, 0.717) is 6.42 Å². The number of aryl methyl sites for hydroxylation is 1. The van der Waals surface area contributed by atoms with Crippen molar-refractivity contribution in [3.8, 4) is 0 Å². The molecule has 0 N–H and O–H groups in total. The standard InChI is InChI=1S/C22H25BrN2OS/c1-15-13-27-20(24-15)25(18-5-3-2-4-6-18)19(26)12-21-8-16-7-17(9-21)11-22(23,10-16)14-21/h2-6,13,16-17H,7-12,14H2,1H3. The summed E-state index contributed by atoms with van der Waals surface area (Å²) >= 11 is 5.63. The molecule has 2 atom stereocenters. The van der Waals surface area contributed by atoms with Crippen molar-refractivity contribution in [3.63, 3.8) is 0 Å². The summed E-state index contributed by atoms with van der Waals surface area (Å²) in [4.78, 5) is 20.1. The van der Waals surface area contributed by atoms with E-state index < -0.39 is 0 Å². The topological polar surface area (TPSA) is 33.2 Å². The fourth-order valence-electron chi connectivity index (χ4n) is 6.33. The van der Waals surface area contributed by atoms with Gasteiger partial charge in [-0.3, -0.25) is 9.69 Å². The lowest BCUT2D eigenvalue weighted by Gasteiger charge is -2.60. The molecule has 1 aromatic heterocycles. The van der Waals surface area contributed by atoms with E-state index in [1.807, 2.05) is 47.5 Å². The first kappa shape index (κ1) is 17.9. The minimum absolute atomic E-state index is 0.171. The molecule has 2 unspecified atom stereocenters. The molecule has 27 heavy (non-hydrogen) atoms. The molecule has 1 heterocycles. The Morgan fingerprint density at radius 3 is 2.52 bits per heavy atom. The van der Waals surface area contributed by atoms with Crippen LogP contribution in [-0.2, 0) is 4.79 Å². The van der Waals surface area contributed by atoms with Crippen molar-refractivity contribution < 1.29 is 4.79 Å². The van der Waals surface area contributed by atoms with Gasteiger partial charge in [-0.15, -0.1) is 11.3 Å². The summed E-state index contributed by atoms with van der Waals surface area (Å²) in [5.41, 5.74) is 2.07. The third kappa shape index (κ3) is 3.27. The Balaban J connectivity index is 1.46. The maximum atomic E-state index is 13.6. The van der Waals surface area contributed by atoms with Crippen LogP contribution in [0.2, 0.25) is 0 Å². The molecule has 2 aromatic rings. The fourth-order valence-corrected chi connectivity index (χ4v) is 8.67. The molecule has 1 amide bonds. The van der Waals surface area contributed by atoms with Gasteiger partial charge in [0.1, 0.15) is 0 Å². The number of aromatic nitrogens is 1. The van der Waals surface area contributed by atoms with E-state index >= 15 is 0 Å². The lowest BCUT2D eigenvalue weighted by atomic mass is 9.48. The van der Waals surface area contributed by atoms with E-state index in [1.165, 1.54) is 32.1 Å². The molecule has 4 saturated carbocycles. The molecular weight excluding hydrogens is 420 g/mol. The Hall–Kier alpha value is -1.20. The molecule has 6 rings (SSSR count). The van der Waals surface area contributed by atoms with Gasteiger partial charge in [-0.25, -0.2) is 4.98 Å². The normalized spacial score (nSPS) is 34.0. The molecule has 4 aliphatic carbocycles. The number of carbonyl (C=O) groups is 1. The number of halogens is 1. The highest BCUT2D eigenvalue weighted by Crippen LogP contribution is 2.65. The van der Waals surface area contributed by atoms with Gasteiger partial charge >= 0.3 is 0 Å². The van der Waals surface area contributed by atoms with Crippen LogP contribution in [0.4, 0.5) is 10.8 Å². The number of thiazole rings is 1. The molecule has 4 aliphatic rings. The molecule has 0 aliphatic heterocycles. The van der Waals surface area contributed by atoms with Crippen molar-refractivity contribution in [2.75, 3.05) is 4.90 Å². The van der Waals surface area contributed by atoms with Crippen molar-refractivity contribution in [1.29, 1.82) is 0 Å². The van der Waals surface area contributed by atoms with Crippen LogP contribution in [0, 0.1) is 24.2 Å². The summed E-state index contributed by atoms with van der Waals surface area (Å²) in [6.45, 7) is 1.99. The molecule has 142 valence electrons. The van der Waals surface area contributed by atoms with Crippen molar-refractivity contribution in [3.05, 3.63) is 41.4 Å². The lowest BCUT2D eigenvalue weighted by molar-refractivity contribution is -0.124. The second-order valence-corrected chi connectivity index (χ2v) is 11.6. The zero-order valence-electron chi connectivity index (χ0n) is 15.7. The Morgan fingerprint density at radius 2 is 1.93 bits per heavy atom. The van der Waals surface area contributed by atoms with Crippen molar-refractivity contribution >= 4 is 44.0 Å². The maximum Gasteiger partial charge on any atom is 0.233 e. The summed E-state index contributed by atoms with van der Waals surface area (Å²) in [7, 11) is 0. The van der Waals surface area contributed by atoms with E-state index in [0.717, 1.165) is 34.8 Å². The minimum Gasteiger partial charge on any atom is -0.274 e.